The van der Waals surface area contributed by atoms with Gasteiger partial charge in [0.05, 0.1) is 75.1 Å². The van der Waals surface area contributed by atoms with Gasteiger partial charge in [-0.25, -0.2) is 0 Å². The van der Waals surface area contributed by atoms with Gasteiger partial charge < -0.3 is 54.6 Å². The molecule has 364 valence electrons. The lowest BCUT2D eigenvalue weighted by Gasteiger charge is -2.15. The predicted octanol–water partition coefficient (Wildman–Crippen LogP) is 5.02. The van der Waals surface area contributed by atoms with Crippen molar-refractivity contribution < 1.29 is 57.3 Å². The molecule has 0 spiro atoms. The Kier molecular flexibility index (Phi) is 44.6. The van der Waals surface area contributed by atoms with E-state index >= 15 is 0 Å². The quantitative estimate of drug-likeness (QED) is 0.0273. The molecular weight excluding hydrogens is 929 g/mol. The van der Waals surface area contributed by atoms with Crippen molar-refractivity contribution in [3.8, 4) is 0 Å². The minimum absolute atomic E-state index is 0.0320. The van der Waals surface area contributed by atoms with E-state index in [2.05, 4.69) is 21.3 Å². The van der Waals surface area contributed by atoms with Gasteiger partial charge in [0.1, 0.15) is 32.1 Å². The minimum Gasteiger partial charge on any atom is -0.377 e. The third-order valence-electron chi connectivity index (χ3n) is 9.90. The molecule has 0 aliphatic carbocycles. The number of aldehydes is 3. The van der Waals surface area contributed by atoms with E-state index in [0.29, 0.717) is 84.3 Å². The van der Waals surface area contributed by atoms with Crippen LogP contribution in [-0.2, 0) is 57.3 Å². The smallest absolute Gasteiger partial charge is 0.257 e. The molecule has 1 atom stereocenters. The number of amides is 5. The topological polar surface area (TPSA) is 225 Å². The molecule has 0 rings (SSSR count). The van der Waals surface area contributed by atoms with Gasteiger partial charge in [-0.1, -0.05) is 89.9 Å². The van der Waals surface area contributed by atoms with E-state index in [1.54, 1.807) is 0 Å². The molecule has 0 unspecified atom stereocenters. The van der Waals surface area contributed by atoms with Crippen LogP contribution < -0.4 is 21.3 Å². The fourth-order valence-corrected chi connectivity index (χ4v) is 6.62. The summed E-state index contributed by atoms with van der Waals surface area (Å²) in [7, 11) is 0. The Hall–Kier alpha value is -3.07. The lowest BCUT2D eigenvalue weighted by Crippen LogP contribution is -2.37. The molecular formula is C45H80IN5O12. The van der Waals surface area contributed by atoms with E-state index in [1.807, 2.05) is 22.9 Å². The van der Waals surface area contributed by atoms with Gasteiger partial charge >= 0.3 is 0 Å². The van der Waals surface area contributed by atoms with Crippen molar-refractivity contribution in [2.75, 3.05) is 79.0 Å². The van der Waals surface area contributed by atoms with E-state index in [4.69, 9.17) is 18.9 Å². The average Bonchev–Trinajstić information content (AvgIpc) is 3.27. The standard InChI is InChI=1S/C45H80IN5O12/c46-51(28-32-61-34-35-62-33-30-53)45(59)39-63-37-36-60-31-27-49-42(56)22-19-25-47-41(55)21-18-26-48-43(57)24-23-40(38-54)50-44(58)20-16-14-12-10-8-6-4-2-1-3-5-7-9-11-13-15-17-29-52/h29-30,38,40H,1-28,31-37,39H2,(H,47,55)(H,48,57)(H,49,56)(H,50,58)/t40-/m0/s1. The first-order chi connectivity index (χ1) is 30.7. The largest absolute Gasteiger partial charge is 0.377 e. The van der Waals surface area contributed by atoms with Gasteiger partial charge in [-0.05, 0) is 32.1 Å². The number of carbonyl (C=O) groups excluding carboxylic acids is 8. The molecule has 0 aromatic rings. The monoisotopic (exact) mass is 1010 g/mol. The number of rotatable bonds is 48. The summed E-state index contributed by atoms with van der Waals surface area (Å²) < 4.78 is 22.5. The van der Waals surface area contributed by atoms with Crippen LogP contribution >= 0.6 is 22.9 Å². The van der Waals surface area contributed by atoms with Crippen LogP contribution in [-0.4, -0.2) is 137 Å². The van der Waals surface area contributed by atoms with E-state index in [1.165, 1.54) is 80.2 Å². The van der Waals surface area contributed by atoms with E-state index in [-0.39, 0.29) is 88.3 Å². The number of hydrogen-bond acceptors (Lipinski definition) is 12. The zero-order chi connectivity index (χ0) is 46.3. The SMILES string of the molecule is O=CCCCCCCCCCCCCCCCCCCC(=O)N[C@H](C=O)CCC(=O)NCCCC(=O)NCCCC(=O)NCCOCCOCC(=O)N(I)CCOCCOCC=O. The third-order valence-corrected chi connectivity index (χ3v) is 10.9. The number of nitrogens with zero attached hydrogens (tertiary/aromatic N) is 1. The van der Waals surface area contributed by atoms with Crippen LogP contribution in [0.3, 0.4) is 0 Å². The van der Waals surface area contributed by atoms with Crippen molar-refractivity contribution in [1.82, 2.24) is 24.4 Å². The minimum atomic E-state index is -0.710. The molecule has 0 fully saturated rings. The first-order valence-electron chi connectivity index (χ1n) is 23.4. The molecule has 0 aliphatic rings. The number of carbonyl (C=O) groups is 8. The van der Waals surface area contributed by atoms with Crippen molar-refractivity contribution in [3.63, 3.8) is 0 Å². The van der Waals surface area contributed by atoms with Crippen LogP contribution in [0.25, 0.3) is 0 Å². The predicted molar refractivity (Wildman–Crippen MR) is 249 cm³/mol. The van der Waals surface area contributed by atoms with Crippen molar-refractivity contribution in [1.29, 1.82) is 0 Å². The van der Waals surface area contributed by atoms with E-state index in [0.717, 1.165) is 32.0 Å². The summed E-state index contributed by atoms with van der Waals surface area (Å²) in [5.74, 6) is -0.968. The number of hydrogen-bond donors (Lipinski definition) is 4. The van der Waals surface area contributed by atoms with Crippen molar-refractivity contribution in [2.24, 2.45) is 0 Å². The van der Waals surface area contributed by atoms with Gasteiger partial charge in [-0.3, -0.25) is 27.1 Å². The fraction of sp³-hybridized carbons (Fsp3) is 0.822. The molecule has 0 aromatic heterocycles. The number of nitrogens with one attached hydrogen (secondary N) is 4. The van der Waals surface area contributed by atoms with Crippen molar-refractivity contribution in [2.45, 2.75) is 160 Å². The normalized spacial score (nSPS) is 11.4. The third kappa shape index (κ3) is 43.9. The molecule has 63 heavy (non-hydrogen) atoms. The molecule has 0 heterocycles. The summed E-state index contributed by atoms with van der Waals surface area (Å²) in [6.45, 7) is 3.04. The molecule has 4 N–H and O–H groups in total. The van der Waals surface area contributed by atoms with Gasteiger partial charge in [0.15, 0.2) is 0 Å². The highest BCUT2D eigenvalue weighted by molar-refractivity contribution is 14.1. The molecule has 17 nitrogen and oxygen atoms in total. The summed E-state index contributed by atoms with van der Waals surface area (Å²) in [5, 5.41) is 11.0. The summed E-state index contributed by atoms with van der Waals surface area (Å²) in [6.07, 6.45) is 24.2. The second kappa shape index (κ2) is 46.9. The Morgan fingerprint density at radius 3 is 1.48 bits per heavy atom. The van der Waals surface area contributed by atoms with Crippen molar-refractivity contribution >= 4 is 71.3 Å². The van der Waals surface area contributed by atoms with Crippen LogP contribution in [0.1, 0.15) is 154 Å². The van der Waals surface area contributed by atoms with Gasteiger partial charge in [0, 0.05) is 51.7 Å². The van der Waals surface area contributed by atoms with Crippen LogP contribution in [0.2, 0.25) is 0 Å². The highest BCUT2D eigenvalue weighted by atomic mass is 127. The zero-order valence-electron chi connectivity index (χ0n) is 38.0. The first kappa shape index (κ1) is 59.9. The molecule has 0 aliphatic heterocycles. The van der Waals surface area contributed by atoms with Crippen LogP contribution in [0.5, 0.6) is 0 Å². The van der Waals surface area contributed by atoms with Crippen LogP contribution in [0.15, 0.2) is 0 Å². The highest BCUT2D eigenvalue weighted by Crippen LogP contribution is 2.14. The second-order valence-electron chi connectivity index (χ2n) is 15.5. The number of ether oxygens (including phenoxy) is 4. The number of unbranched alkanes of at least 4 members (excludes halogenated alkanes) is 16. The maximum atomic E-state index is 12.3. The molecule has 0 radical (unpaired) electrons. The molecule has 0 saturated carbocycles. The van der Waals surface area contributed by atoms with Gasteiger partial charge in [-0.2, -0.15) is 0 Å². The van der Waals surface area contributed by atoms with Gasteiger partial charge in [-0.15, -0.1) is 0 Å². The summed E-state index contributed by atoms with van der Waals surface area (Å²) in [5.41, 5.74) is 0. The average molecular weight is 1010 g/mol. The van der Waals surface area contributed by atoms with E-state index in [9.17, 15) is 38.4 Å². The van der Waals surface area contributed by atoms with Crippen LogP contribution in [0.4, 0.5) is 0 Å². The lowest BCUT2D eigenvalue weighted by molar-refractivity contribution is -0.131. The van der Waals surface area contributed by atoms with Crippen LogP contribution in [0, 0.1) is 0 Å². The Morgan fingerprint density at radius 2 is 0.937 bits per heavy atom. The number of halogens is 1. The maximum absolute atomic E-state index is 12.3. The maximum Gasteiger partial charge on any atom is 0.257 e. The molecule has 18 heteroatoms. The Morgan fingerprint density at radius 1 is 0.476 bits per heavy atom. The molecule has 5 amide bonds. The van der Waals surface area contributed by atoms with Gasteiger partial charge in [0.2, 0.25) is 23.6 Å². The summed E-state index contributed by atoms with van der Waals surface area (Å²) in [6, 6.07) is -0.710. The summed E-state index contributed by atoms with van der Waals surface area (Å²) in [4.78, 5) is 92.8. The second-order valence-corrected chi connectivity index (χ2v) is 16.6. The Labute approximate surface area is 390 Å². The van der Waals surface area contributed by atoms with Gasteiger partial charge in [0.25, 0.3) is 5.91 Å². The highest BCUT2D eigenvalue weighted by Gasteiger charge is 2.14. The zero-order valence-corrected chi connectivity index (χ0v) is 40.1. The Balaban J connectivity index is 3.65. The van der Waals surface area contributed by atoms with E-state index < -0.39 is 6.04 Å². The molecule has 0 aromatic carbocycles. The molecule has 0 bridgehead atoms. The molecule has 0 saturated heterocycles. The Bertz CT molecular complexity index is 1200. The fourth-order valence-electron chi connectivity index (χ4n) is 6.28. The first-order valence-corrected chi connectivity index (χ1v) is 24.4. The van der Waals surface area contributed by atoms with Crippen molar-refractivity contribution in [3.05, 3.63) is 0 Å². The lowest BCUT2D eigenvalue weighted by atomic mass is 10.0. The summed E-state index contributed by atoms with van der Waals surface area (Å²) >= 11 is 1.89.